The zero-order valence-electron chi connectivity index (χ0n) is 35.8. The van der Waals surface area contributed by atoms with Gasteiger partial charge >= 0.3 is 41.8 Å². The molecule has 0 unspecified atom stereocenters. The fraction of sp³-hybridized carbons (Fsp3) is 0.690. The van der Waals surface area contributed by atoms with E-state index < -0.39 is 153 Å². The first kappa shape index (κ1) is 43.6. The van der Waals surface area contributed by atoms with Gasteiger partial charge in [0.1, 0.15) is 30.2 Å². The predicted octanol–water partition coefficient (Wildman–Crippen LogP) is 2.33. The molecule has 4 saturated carbocycles. The van der Waals surface area contributed by atoms with Gasteiger partial charge in [0, 0.05) is 71.3 Å². The van der Waals surface area contributed by atoms with Crippen LogP contribution in [0.25, 0.3) is 0 Å². The third-order valence-corrected chi connectivity index (χ3v) is 14.9. The third-order valence-electron chi connectivity index (χ3n) is 14.9. The summed E-state index contributed by atoms with van der Waals surface area (Å²) in [5.41, 5.74) is -16.6. The predicted molar refractivity (Wildman–Crippen MR) is 198 cm³/mol. The van der Waals surface area contributed by atoms with Gasteiger partial charge in [0.25, 0.3) is 5.97 Å². The van der Waals surface area contributed by atoms with Crippen molar-refractivity contribution in [3.63, 3.8) is 0 Å². The molecule has 4 heterocycles. The fourth-order valence-electron chi connectivity index (χ4n) is 13.7. The zero-order valence-corrected chi connectivity index (χ0v) is 35.8. The molecule has 8 rings (SSSR count). The first-order valence-corrected chi connectivity index (χ1v) is 20.3. The summed E-state index contributed by atoms with van der Waals surface area (Å²) in [6.45, 7) is 10.5. The van der Waals surface area contributed by atoms with Crippen molar-refractivity contribution in [2.75, 3.05) is 13.7 Å². The van der Waals surface area contributed by atoms with Crippen LogP contribution in [0.2, 0.25) is 0 Å². The van der Waals surface area contributed by atoms with Gasteiger partial charge in [0.05, 0.1) is 36.0 Å². The van der Waals surface area contributed by atoms with Gasteiger partial charge in [-0.05, 0) is 18.4 Å². The van der Waals surface area contributed by atoms with Gasteiger partial charge in [-0.2, -0.15) is 0 Å². The highest BCUT2D eigenvalue weighted by Gasteiger charge is 3.08. The second-order valence-corrected chi connectivity index (χ2v) is 18.0. The Hall–Kier alpha value is -5.05. The number of allylic oxidation sites excluding steroid dienone is 1. The van der Waals surface area contributed by atoms with Crippen LogP contribution in [-0.4, -0.2) is 119 Å². The van der Waals surface area contributed by atoms with Gasteiger partial charge < -0.3 is 62.0 Å². The summed E-state index contributed by atoms with van der Waals surface area (Å²) >= 11 is 0. The molecule has 2 N–H and O–H groups in total. The van der Waals surface area contributed by atoms with Gasteiger partial charge in [-0.15, -0.1) is 0 Å². The minimum atomic E-state index is -2.74. The molecule has 0 amide bonds. The van der Waals surface area contributed by atoms with Crippen LogP contribution in [0.5, 0.6) is 0 Å². The topological polar surface area (TPSA) is 265 Å². The number of carbonyl (C=O) groups excluding carboxylic acids is 7. The smallest absolute Gasteiger partial charge is 0.338 e. The van der Waals surface area contributed by atoms with Crippen LogP contribution >= 0.6 is 0 Å². The third kappa shape index (κ3) is 4.83. The Bertz CT molecular complexity index is 2200. The maximum absolute atomic E-state index is 15.1. The molecular formula is C42H50O20. The van der Waals surface area contributed by atoms with Gasteiger partial charge in [-0.25, -0.2) is 4.79 Å². The molecule has 7 aliphatic rings. The lowest BCUT2D eigenvalue weighted by molar-refractivity contribution is -0.497. The molecular weight excluding hydrogens is 824 g/mol. The lowest BCUT2D eigenvalue weighted by Crippen LogP contribution is -2.99. The molecule has 20 heteroatoms. The van der Waals surface area contributed by atoms with Gasteiger partial charge in [-0.3, -0.25) is 28.8 Å². The molecule has 0 radical (unpaired) electrons. The highest BCUT2D eigenvalue weighted by molar-refractivity contribution is 5.92. The van der Waals surface area contributed by atoms with Crippen LogP contribution in [-0.2, 0) is 80.9 Å². The SMILES string of the molecule is CC/C(O)=C1\C(=O)O[C@@H]2[C@@]3(O)[C@@H](OC(C)=O)[C@]4(C)C[C@]35O[C@]3(C)O[C@]26[C@H]1[C@](C)([C@@H](OC(C)=O)c1ccoc1)[C@@H](OC(C)=O)[C@@H](OC(C)=O)[C@]6(O3)[C@]5(COC(C)=O)[C@H]4CC(=O)OC. The number of carbonyl (C=O) groups is 7. The standard InChI is InChI=1S/C42H50O20/c1-11-24(48)27-28-36(8,29(55-19(3)44)23-12-13-53-15-23)30(56-20(4)45)31(57-21(5)46)42-38(17-54-18(2)43)25(14-26(49)52-10)35(7)16-39(38)40(51,33(35)58-22(6)47)34(59-32(27)50)41(28,42)61-37(9,60-39)62-42/h12-13,15,25,28-31,33-34,48,51H,11,14,16-17H2,1-10H3/b27-24+/t25-,28+,29-,30-,31+,33-,34+,35+,36+,37+,38+,39+,40-,41+,42-/m0/s1. The summed E-state index contributed by atoms with van der Waals surface area (Å²) in [4.78, 5) is 96.2. The summed E-state index contributed by atoms with van der Waals surface area (Å²) < 4.78 is 69.4. The number of esters is 7. The van der Waals surface area contributed by atoms with Crippen molar-refractivity contribution in [3.05, 3.63) is 35.5 Å². The molecule has 1 aromatic heterocycles. The number of aliphatic hydroxyl groups excluding tert-OH is 1. The van der Waals surface area contributed by atoms with Crippen molar-refractivity contribution in [2.24, 2.45) is 28.1 Å². The molecule has 7 fully saturated rings. The lowest BCUT2D eigenvalue weighted by Gasteiger charge is -2.78. The maximum atomic E-state index is 15.1. The highest BCUT2D eigenvalue weighted by Crippen LogP contribution is 2.90. The van der Waals surface area contributed by atoms with Crippen LogP contribution in [0.15, 0.2) is 34.3 Å². The second kappa shape index (κ2) is 13.5. The van der Waals surface area contributed by atoms with Gasteiger partial charge in [0.2, 0.25) is 0 Å². The van der Waals surface area contributed by atoms with E-state index in [1.165, 1.54) is 39.4 Å². The van der Waals surface area contributed by atoms with Crippen molar-refractivity contribution in [3.8, 4) is 0 Å². The second-order valence-electron chi connectivity index (χ2n) is 18.0. The van der Waals surface area contributed by atoms with Crippen LogP contribution in [0, 0.1) is 28.1 Å². The van der Waals surface area contributed by atoms with E-state index in [-0.39, 0.29) is 18.4 Å². The number of fused-ring (bicyclic) bond motifs is 3. The molecule has 62 heavy (non-hydrogen) atoms. The van der Waals surface area contributed by atoms with Crippen LogP contribution in [0.3, 0.4) is 0 Å². The molecule has 1 aromatic rings. The minimum absolute atomic E-state index is 0.126. The number of furan rings is 1. The number of ether oxygens (including phenoxy) is 10. The van der Waals surface area contributed by atoms with Crippen molar-refractivity contribution in [1.29, 1.82) is 0 Å². The normalized spacial score (nSPS) is 44.9. The summed E-state index contributed by atoms with van der Waals surface area (Å²) in [6.07, 6.45) is -8.01. The van der Waals surface area contributed by atoms with Crippen LogP contribution in [0.4, 0.5) is 0 Å². The maximum Gasteiger partial charge on any atom is 0.338 e. The first-order chi connectivity index (χ1) is 28.9. The number of methoxy groups -OCH3 is 1. The van der Waals surface area contributed by atoms with E-state index in [2.05, 4.69) is 0 Å². The van der Waals surface area contributed by atoms with Gasteiger partial charge in [-0.1, -0.05) is 20.8 Å². The Morgan fingerprint density at radius 1 is 0.887 bits per heavy atom. The average Bonchev–Trinajstić information content (AvgIpc) is 3.87. The molecule has 4 bridgehead atoms. The molecule has 15 atom stereocenters. The van der Waals surface area contributed by atoms with Crippen LogP contribution in [0.1, 0.15) is 93.2 Å². The summed E-state index contributed by atoms with van der Waals surface area (Å²) in [7, 11) is 1.13. The number of hydrogen-bond acceptors (Lipinski definition) is 20. The lowest BCUT2D eigenvalue weighted by atomic mass is 9.31. The van der Waals surface area contributed by atoms with E-state index in [1.807, 2.05) is 0 Å². The zero-order chi connectivity index (χ0) is 45.5. The molecule has 4 aliphatic carbocycles. The fourth-order valence-corrected chi connectivity index (χ4v) is 13.7. The monoisotopic (exact) mass is 874 g/mol. The van der Waals surface area contributed by atoms with Crippen LogP contribution < -0.4 is 0 Å². The van der Waals surface area contributed by atoms with E-state index >= 15 is 4.79 Å². The van der Waals surface area contributed by atoms with E-state index in [9.17, 15) is 39.0 Å². The van der Waals surface area contributed by atoms with Crippen molar-refractivity contribution >= 4 is 41.8 Å². The summed E-state index contributed by atoms with van der Waals surface area (Å²) in [5.74, 6) is -12.8. The van der Waals surface area contributed by atoms with Crippen molar-refractivity contribution in [2.45, 2.75) is 140 Å². The largest absolute Gasteiger partial charge is 0.512 e. The number of hydrogen-bond donors (Lipinski definition) is 2. The number of rotatable bonds is 11. The Balaban J connectivity index is 1.64. The molecule has 3 spiro atoms. The quantitative estimate of drug-likeness (QED) is 0.140. The highest BCUT2D eigenvalue weighted by atomic mass is 16.9. The summed E-state index contributed by atoms with van der Waals surface area (Å²) in [6, 6.07) is 1.43. The summed E-state index contributed by atoms with van der Waals surface area (Å²) in [5, 5.41) is 26.2. The number of aliphatic hydroxyl groups is 2. The Labute approximate surface area is 354 Å². The van der Waals surface area contributed by atoms with Crippen molar-refractivity contribution < 1.29 is 95.6 Å². The molecule has 20 nitrogen and oxygen atoms in total. The molecule has 3 aliphatic heterocycles. The molecule has 338 valence electrons. The average molecular weight is 875 g/mol. The minimum Gasteiger partial charge on any atom is -0.512 e. The molecule has 0 aromatic carbocycles. The molecule has 3 saturated heterocycles. The van der Waals surface area contributed by atoms with E-state index in [1.54, 1.807) is 6.92 Å². The van der Waals surface area contributed by atoms with Gasteiger partial charge in [0.15, 0.2) is 35.1 Å². The van der Waals surface area contributed by atoms with E-state index in [0.29, 0.717) is 0 Å². The Morgan fingerprint density at radius 2 is 1.53 bits per heavy atom. The Kier molecular flexibility index (Phi) is 9.48. The Morgan fingerprint density at radius 3 is 2.08 bits per heavy atom. The first-order valence-electron chi connectivity index (χ1n) is 20.3. The van der Waals surface area contributed by atoms with E-state index in [4.69, 9.17) is 51.8 Å². The van der Waals surface area contributed by atoms with E-state index in [0.717, 1.165) is 41.7 Å². The van der Waals surface area contributed by atoms with Crippen molar-refractivity contribution in [1.82, 2.24) is 0 Å².